The summed E-state index contributed by atoms with van der Waals surface area (Å²) in [6, 6.07) is 9.03. The number of benzene rings is 1. The van der Waals surface area contributed by atoms with Gasteiger partial charge in [0, 0.05) is 35.6 Å². The molecule has 4 rings (SSSR count). The van der Waals surface area contributed by atoms with Crippen molar-refractivity contribution < 1.29 is 13.2 Å². The maximum absolute atomic E-state index is 13.6. The maximum atomic E-state index is 13.6. The van der Waals surface area contributed by atoms with E-state index in [1.807, 2.05) is 36.1 Å². The average Bonchev–Trinajstić information content (AvgIpc) is 2.83. The number of aromatic nitrogens is 2. The molecule has 2 aromatic rings. The summed E-state index contributed by atoms with van der Waals surface area (Å²) in [5.41, 5.74) is 0.0987. The first-order valence-corrected chi connectivity index (χ1v) is 13.0. The lowest BCUT2D eigenvalue weighted by Gasteiger charge is -2.38. The third-order valence-corrected chi connectivity index (χ3v) is 7.68. The predicted molar refractivity (Wildman–Crippen MR) is 138 cm³/mol. The molecule has 1 aliphatic carbocycles. The van der Waals surface area contributed by atoms with Gasteiger partial charge in [-0.3, -0.25) is 0 Å². The molecule has 2 aliphatic rings. The van der Waals surface area contributed by atoms with Gasteiger partial charge in [0.15, 0.2) is 10.8 Å². The van der Waals surface area contributed by atoms with Crippen LogP contribution >= 0.6 is 23.8 Å². The van der Waals surface area contributed by atoms with Crippen LogP contribution in [0.1, 0.15) is 69.5 Å². The summed E-state index contributed by atoms with van der Waals surface area (Å²) in [6.45, 7) is 3.24. The molecule has 1 aliphatic heterocycles. The van der Waals surface area contributed by atoms with E-state index in [0.29, 0.717) is 18.1 Å². The van der Waals surface area contributed by atoms with Crippen LogP contribution in [0.3, 0.4) is 0 Å². The van der Waals surface area contributed by atoms with Gasteiger partial charge in [-0.25, -0.2) is 4.98 Å². The molecule has 0 amide bonds. The quantitative estimate of drug-likeness (QED) is 0.423. The highest BCUT2D eigenvalue weighted by atomic mass is 35.5. The number of thiocarbonyl (C=S) groups is 1. The van der Waals surface area contributed by atoms with E-state index in [1.165, 1.54) is 12.0 Å². The highest BCUT2D eigenvalue weighted by Crippen LogP contribution is 2.39. The zero-order valence-electron chi connectivity index (χ0n) is 19.8. The van der Waals surface area contributed by atoms with Gasteiger partial charge in [-0.2, -0.15) is 18.2 Å². The smallest absolute Gasteiger partial charge is 0.361 e. The molecule has 1 unspecified atom stereocenters. The summed E-state index contributed by atoms with van der Waals surface area (Å²) >= 11 is 11.6. The lowest BCUT2D eigenvalue weighted by atomic mass is 9.69. The minimum absolute atomic E-state index is 0.113. The van der Waals surface area contributed by atoms with Crippen LogP contribution < -0.4 is 15.5 Å². The van der Waals surface area contributed by atoms with Crippen LogP contribution in [0.2, 0.25) is 5.02 Å². The van der Waals surface area contributed by atoms with Gasteiger partial charge in [0.05, 0.1) is 0 Å². The van der Waals surface area contributed by atoms with Crippen molar-refractivity contribution in [1.82, 2.24) is 15.3 Å². The molecular formula is C25H31ClF3N5S. The third-order valence-electron chi connectivity index (χ3n) is 7.18. The Kier molecular flexibility index (Phi) is 8.06. The van der Waals surface area contributed by atoms with Gasteiger partial charge in [-0.05, 0) is 68.9 Å². The summed E-state index contributed by atoms with van der Waals surface area (Å²) in [5.74, 6) is 0.129. The normalized spacial score (nSPS) is 20.4. The van der Waals surface area contributed by atoms with Crippen molar-refractivity contribution in [3.05, 3.63) is 46.6 Å². The first kappa shape index (κ1) is 25.9. The second-order valence-corrected chi connectivity index (χ2v) is 10.5. The first-order chi connectivity index (χ1) is 16.7. The molecule has 35 heavy (non-hydrogen) atoms. The number of hydrogen-bond acceptors (Lipinski definition) is 4. The van der Waals surface area contributed by atoms with E-state index in [1.54, 1.807) is 0 Å². The molecule has 0 radical (unpaired) electrons. The van der Waals surface area contributed by atoms with E-state index in [4.69, 9.17) is 23.8 Å². The van der Waals surface area contributed by atoms with Crippen molar-refractivity contribution in [2.75, 3.05) is 23.3 Å². The van der Waals surface area contributed by atoms with Gasteiger partial charge in [0.25, 0.3) is 0 Å². The highest BCUT2D eigenvalue weighted by Gasteiger charge is 2.36. The molecule has 0 spiro atoms. The molecule has 2 fully saturated rings. The topological polar surface area (TPSA) is 53.1 Å². The maximum Gasteiger partial charge on any atom is 0.433 e. The molecule has 1 saturated carbocycles. The number of hydrogen-bond donors (Lipinski definition) is 2. The van der Waals surface area contributed by atoms with Crippen molar-refractivity contribution in [2.24, 2.45) is 0 Å². The van der Waals surface area contributed by atoms with Gasteiger partial charge in [-0.15, -0.1) is 0 Å². The van der Waals surface area contributed by atoms with Gasteiger partial charge in [-0.1, -0.05) is 43.0 Å². The molecule has 1 saturated heterocycles. The Balaban J connectivity index is 1.51. The van der Waals surface area contributed by atoms with E-state index in [0.717, 1.165) is 51.0 Å². The number of halogens is 4. The van der Waals surface area contributed by atoms with Gasteiger partial charge in [0.1, 0.15) is 5.82 Å². The monoisotopic (exact) mass is 525 g/mol. The van der Waals surface area contributed by atoms with Gasteiger partial charge < -0.3 is 15.5 Å². The van der Waals surface area contributed by atoms with E-state index in [2.05, 4.69) is 20.6 Å². The summed E-state index contributed by atoms with van der Waals surface area (Å²) < 4.78 is 40.8. The zero-order valence-corrected chi connectivity index (χ0v) is 21.4. The second-order valence-electron chi connectivity index (χ2n) is 9.63. The van der Waals surface area contributed by atoms with Crippen LogP contribution in [-0.4, -0.2) is 34.2 Å². The third kappa shape index (κ3) is 6.36. The molecule has 1 aromatic heterocycles. The predicted octanol–water partition coefficient (Wildman–Crippen LogP) is 6.72. The average molecular weight is 526 g/mol. The lowest BCUT2D eigenvalue weighted by molar-refractivity contribution is -0.141. The summed E-state index contributed by atoms with van der Waals surface area (Å²) in [5, 5.41) is 6.94. The first-order valence-electron chi connectivity index (χ1n) is 12.2. The molecule has 190 valence electrons. The van der Waals surface area contributed by atoms with Gasteiger partial charge >= 0.3 is 6.18 Å². The highest BCUT2D eigenvalue weighted by molar-refractivity contribution is 7.80. The van der Waals surface area contributed by atoms with Crippen molar-refractivity contribution in [1.29, 1.82) is 0 Å². The summed E-state index contributed by atoms with van der Waals surface area (Å²) in [6.07, 6.45) is 3.73. The minimum atomic E-state index is -4.58. The Morgan fingerprint density at radius 2 is 1.83 bits per heavy atom. The standard InChI is InChI=1S/C25H31ClF3N5S/c1-17-7-3-6-14-34(17)21-15-20(25(27,28)29)31-22(32-21)33-23(35)30-16-24(12-4-2-5-13-24)18-8-10-19(26)11-9-18/h8-11,15,17H,2-7,12-14,16H2,1H3,(H2,30,31,32,33,35). The Bertz CT molecular complexity index is 1020. The van der Waals surface area contributed by atoms with E-state index < -0.39 is 11.9 Å². The molecule has 1 aromatic carbocycles. The Labute approximate surface area is 214 Å². The number of rotatable bonds is 5. The summed E-state index contributed by atoms with van der Waals surface area (Å²) in [7, 11) is 0. The SMILES string of the molecule is CC1CCCCN1c1cc(C(F)(F)F)nc(NC(=S)NCC2(c3ccc(Cl)cc3)CCCCC2)n1. The molecule has 0 bridgehead atoms. The Hall–Kier alpha value is -2.13. The van der Waals surface area contributed by atoms with Crippen LogP contribution in [0.25, 0.3) is 0 Å². The van der Waals surface area contributed by atoms with Crippen LogP contribution in [0.15, 0.2) is 30.3 Å². The zero-order chi connectivity index (χ0) is 25.1. The Morgan fingerprint density at radius 1 is 1.11 bits per heavy atom. The van der Waals surface area contributed by atoms with Crippen LogP contribution in [0.5, 0.6) is 0 Å². The number of alkyl halides is 3. The van der Waals surface area contributed by atoms with Crippen molar-refractivity contribution in [3.63, 3.8) is 0 Å². The second kappa shape index (κ2) is 10.9. The number of anilines is 2. The largest absolute Gasteiger partial charge is 0.433 e. The van der Waals surface area contributed by atoms with E-state index in [-0.39, 0.29) is 28.3 Å². The molecule has 2 heterocycles. The van der Waals surface area contributed by atoms with E-state index >= 15 is 0 Å². The van der Waals surface area contributed by atoms with E-state index in [9.17, 15) is 13.2 Å². The van der Waals surface area contributed by atoms with Crippen molar-refractivity contribution in [3.8, 4) is 0 Å². The van der Waals surface area contributed by atoms with Crippen LogP contribution in [-0.2, 0) is 11.6 Å². The fourth-order valence-corrected chi connectivity index (χ4v) is 5.51. The Morgan fingerprint density at radius 3 is 2.49 bits per heavy atom. The molecular weight excluding hydrogens is 495 g/mol. The molecule has 2 N–H and O–H groups in total. The fraction of sp³-hybridized carbons (Fsp3) is 0.560. The molecule has 10 heteroatoms. The van der Waals surface area contributed by atoms with Crippen LogP contribution in [0.4, 0.5) is 24.9 Å². The molecule has 5 nitrogen and oxygen atoms in total. The lowest BCUT2D eigenvalue weighted by Crippen LogP contribution is -2.43. The number of piperidine rings is 1. The van der Waals surface area contributed by atoms with Gasteiger partial charge in [0.2, 0.25) is 5.95 Å². The van der Waals surface area contributed by atoms with Crippen molar-refractivity contribution in [2.45, 2.75) is 75.9 Å². The minimum Gasteiger partial charge on any atom is -0.361 e. The van der Waals surface area contributed by atoms with Crippen molar-refractivity contribution >= 4 is 40.7 Å². The molecule has 1 atom stereocenters. The van der Waals surface area contributed by atoms with Crippen LogP contribution in [0, 0.1) is 0 Å². The fourth-order valence-electron chi connectivity index (χ4n) is 5.22. The number of nitrogens with one attached hydrogen (secondary N) is 2. The summed E-state index contributed by atoms with van der Waals surface area (Å²) in [4.78, 5) is 10.0. The number of nitrogens with zero attached hydrogens (tertiary/aromatic N) is 3.